The zero-order chi connectivity index (χ0) is 30.1. The molecule has 0 aliphatic rings. The zero-order valence-corrected chi connectivity index (χ0v) is 26.1. The molecule has 0 aromatic carbocycles. The molecule has 0 amide bonds. The lowest BCUT2D eigenvalue weighted by molar-refractivity contribution is -0.163. The largest absolute Gasteiger partial charge is 0.510 e. The van der Waals surface area contributed by atoms with Gasteiger partial charge in [0.1, 0.15) is 18.2 Å². The van der Waals surface area contributed by atoms with Gasteiger partial charge in [0, 0.05) is 6.61 Å². The summed E-state index contributed by atoms with van der Waals surface area (Å²) in [5, 5.41) is 0. The maximum absolute atomic E-state index is 13.4. The number of nitrogens with two attached hydrogens (primary N) is 1. The fraction of sp³-hybridized carbons (Fsp3) is 0.696. The van der Waals surface area contributed by atoms with Gasteiger partial charge in [-0.2, -0.15) is 0 Å². The smallest absolute Gasteiger partial charge is 0.437 e. The van der Waals surface area contributed by atoms with E-state index >= 15 is 0 Å². The van der Waals surface area contributed by atoms with Gasteiger partial charge in [-0.25, -0.2) is 19.7 Å². The predicted octanol–water partition coefficient (Wildman–Crippen LogP) is 3.89. The second-order valence-electron chi connectivity index (χ2n) is 10.8. The molecule has 0 saturated heterocycles. The molecular formula is C23H40N5O10PSi. The Kier molecular flexibility index (Phi) is 12.0. The van der Waals surface area contributed by atoms with Crippen LogP contribution in [0.25, 0.3) is 11.2 Å². The summed E-state index contributed by atoms with van der Waals surface area (Å²) in [6.07, 6.45) is 0.346. The van der Waals surface area contributed by atoms with Crippen LogP contribution < -0.4 is 5.73 Å². The van der Waals surface area contributed by atoms with Crippen LogP contribution >= 0.6 is 7.60 Å². The van der Waals surface area contributed by atoms with Gasteiger partial charge in [0.15, 0.2) is 19.8 Å². The molecule has 0 saturated carbocycles. The summed E-state index contributed by atoms with van der Waals surface area (Å²) in [6, 6.07) is 0. The van der Waals surface area contributed by atoms with Crippen LogP contribution in [0.5, 0.6) is 0 Å². The topological polar surface area (TPSA) is 185 Å². The molecule has 2 heterocycles. The highest BCUT2D eigenvalue weighted by Gasteiger charge is 2.34. The number of anilines is 1. The van der Waals surface area contributed by atoms with E-state index in [2.05, 4.69) is 15.0 Å². The van der Waals surface area contributed by atoms with E-state index in [4.69, 9.17) is 38.2 Å². The van der Waals surface area contributed by atoms with Crippen LogP contribution in [0.15, 0.2) is 12.7 Å². The quantitative estimate of drug-likeness (QED) is 0.126. The van der Waals surface area contributed by atoms with Crippen LogP contribution in [-0.2, 0) is 48.3 Å². The molecule has 0 bridgehead atoms. The second-order valence-corrected chi connectivity index (χ2v) is 17.3. The van der Waals surface area contributed by atoms with Crippen LogP contribution in [0, 0.1) is 5.41 Å². The van der Waals surface area contributed by atoms with Gasteiger partial charge in [0.2, 0.25) is 13.6 Å². The van der Waals surface area contributed by atoms with Crippen LogP contribution in [0.4, 0.5) is 10.6 Å². The number of nitrogen functional groups attached to an aromatic ring is 1. The molecule has 2 rings (SSSR count). The summed E-state index contributed by atoms with van der Waals surface area (Å²) in [7, 11) is -5.95. The molecule has 0 spiro atoms. The molecule has 1 unspecified atom stereocenters. The van der Waals surface area contributed by atoms with Gasteiger partial charge in [-0.05, 0) is 54.3 Å². The highest BCUT2D eigenvalue weighted by atomic mass is 31.2. The number of carbonyl (C=O) groups excluding carboxylic acids is 2. The van der Waals surface area contributed by atoms with E-state index in [0.717, 1.165) is 0 Å². The van der Waals surface area contributed by atoms with Crippen molar-refractivity contribution in [3.8, 4) is 0 Å². The summed E-state index contributed by atoms with van der Waals surface area (Å²) in [5.74, 6) is -0.374. The van der Waals surface area contributed by atoms with E-state index in [-0.39, 0.29) is 19.0 Å². The van der Waals surface area contributed by atoms with E-state index in [0.29, 0.717) is 11.2 Å². The molecule has 0 fully saturated rings. The third-order valence-corrected chi connectivity index (χ3v) is 7.49. The molecule has 0 aliphatic carbocycles. The number of hydrogen-bond acceptors (Lipinski definition) is 14. The first-order chi connectivity index (χ1) is 18.5. The van der Waals surface area contributed by atoms with Crippen molar-refractivity contribution in [1.82, 2.24) is 19.5 Å². The van der Waals surface area contributed by atoms with E-state index in [1.165, 1.54) is 12.7 Å². The average molecular weight is 606 g/mol. The number of esters is 1. The van der Waals surface area contributed by atoms with Gasteiger partial charge in [0.05, 0.1) is 30.5 Å². The zero-order valence-electron chi connectivity index (χ0n) is 24.2. The van der Waals surface area contributed by atoms with Crippen molar-refractivity contribution in [2.75, 3.05) is 32.3 Å². The Morgan fingerprint density at radius 2 is 1.73 bits per heavy atom. The number of ether oxygens (including phenoxy) is 4. The van der Waals surface area contributed by atoms with Crippen molar-refractivity contribution in [2.45, 2.75) is 73.0 Å². The summed E-state index contributed by atoms with van der Waals surface area (Å²) in [4.78, 5) is 36.6. The average Bonchev–Trinajstić information content (AvgIpc) is 3.24. The predicted molar refractivity (Wildman–Crippen MR) is 147 cm³/mol. The Hall–Kier alpha value is -2.62. The summed E-state index contributed by atoms with van der Waals surface area (Å²) < 4.78 is 52.0. The Balaban J connectivity index is 1.99. The van der Waals surface area contributed by atoms with Crippen molar-refractivity contribution in [2.24, 2.45) is 5.41 Å². The summed E-state index contributed by atoms with van der Waals surface area (Å²) >= 11 is 0. The SMILES string of the molecule is CC(C)OC(=O)OCOP(=O)(CO[C@H](C)Cn1cnc2c(N)ncnc21)OCOC(=O)C(C)(C)CO[Si](C)(C)C. The standard InChI is InChI=1S/C23H40N5O10PSi/c1-16(2)38-22(30)33-14-36-39(31,35-13-32-21(29)23(4,5)10-37-40(6,7)8)15-34-17(3)9-28-12-27-18-19(24)25-11-26-20(18)28/h11-12,16-17H,9-10,13-15H2,1-8H3,(H2,24,25,26)/t17-,39?/m1/s1. The number of carbonyl (C=O) groups is 2. The Labute approximate surface area is 234 Å². The first kappa shape index (κ1) is 33.6. The maximum Gasteiger partial charge on any atom is 0.510 e. The Bertz CT molecular complexity index is 1190. The molecule has 226 valence electrons. The van der Waals surface area contributed by atoms with Gasteiger partial charge in [-0.1, -0.05) is 0 Å². The van der Waals surface area contributed by atoms with Crippen LogP contribution in [-0.4, -0.2) is 78.7 Å². The first-order valence-corrected chi connectivity index (χ1v) is 17.7. The van der Waals surface area contributed by atoms with Crippen molar-refractivity contribution >= 4 is 45.0 Å². The fourth-order valence-corrected chi connectivity index (χ4v) is 4.77. The minimum absolute atomic E-state index is 0.154. The molecule has 0 radical (unpaired) electrons. The number of imidazole rings is 1. The third kappa shape index (κ3) is 11.1. The lowest BCUT2D eigenvalue weighted by Crippen LogP contribution is -2.37. The van der Waals surface area contributed by atoms with Crippen LogP contribution in [0.1, 0.15) is 34.6 Å². The number of rotatable bonds is 16. The third-order valence-electron chi connectivity index (χ3n) is 5.02. The minimum atomic E-state index is -4.09. The number of fused-ring (bicyclic) bond motifs is 1. The van der Waals surface area contributed by atoms with Crippen molar-refractivity contribution < 1.29 is 46.6 Å². The lowest BCUT2D eigenvalue weighted by Gasteiger charge is -2.27. The number of aromatic nitrogens is 4. The second kappa shape index (κ2) is 14.3. The molecule has 0 aliphatic heterocycles. The highest BCUT2D eigenvalue weighted by molar-refractivity contribution is 7.53. The summed E-state index contributed by atoms with van der Waals surface area (Å²) in [5.41, 5.74) is 5.80. The molecule has 17 heteroatoms. The molecule has 15 nitrogen and oxygen atoms in total. The van der Waals surface area contributed by atoms with Crippen molar-refractivity contribution in [1.29, 1.82) is 0 Å². The molecular weight excluding hydrogens is 565 g/mol. The van der Waals surface area contributed by atoms with Crippen molar-refractivity contribution in [3.05, 3.63) is 12.7 Å². The molecule has 2 aromatic heterocycles. The molecule has 2 atom stereocenters. The Morgan fingerprint density at radius 1 is 1.07 bits per heavy atom. The van der Waals surface area contributed by atoms with Gasteiger partial charge in [0.25, 0.3) is 0 Å². The molecule has 40 heavy (non-hydrogen) atoms. The van der Waals surface area contributed by atoms with Gasteiger partial charge < -0.3 is 33.7 Å². The van der Waals surface area contributed by atoms with Crippen LogP contribution in [0.2, 0.25) is 19.6 Å². The minimum Gasteiger partial charge on any atom is -0.437 e. The Morgan fingerprint density at radius 3 is 2.35 bits per heavy atom. The molecule has 2 N–H and O–H groups in total. The highest BCUT2D eigenvalue weighted by Crippen LogP contribution is 2.48. The monoisotopic (exact) mass is 605 g/mol. The van der Waals surface area contributed by atoms with Gasteiger partial charge in [-0.15, -0.1) is 0 Å². The molecule has 2 aromatic rings. The fourth-order valence-electron chi connectivity index (χ4n) is 2.89. The normalized spacial score (nSPS) is 14.6. The van der Waals surface area contributed by atoms with Crippen molar-refractivity contribution in [3.63, 3.8) is 0 Å². The van der Waals surface area contributed by atoms with E-state index < -0.39 is 65.6 Å². The van der Waals surface area contributed by atoms with Gasteiger partial charge >= 0.3 is 19.7 Å². The summed E-state index contributed by atoms with van der Waals surface area (Å²) in [6.45, 7) is 13.3. The van der Waals surface area contributed by atoms with E-state index in [9.17, 15) is 14.2 Å². The lowest BCUT2D eigenvalue weighted by atomic mass is 9.95. The number of nitrogens with zero attached hydrogens (tertiary/aromatic N) is 4. The van der Waals surface area contributed by atoms with E-state index in [1.807, 2.05) is 19.6 Å². The first-order valence-electron chi connectivity index (χ1n) is 12.6. The van der Waals surface area contributed by atoms with Gasteiger partial charge in [-0.3, -0.25) is 18.4 Å². The number of hydrogen-bond donors (Lipinski definition) is 1. The van der Waals surface area contributed by atoms with E-state index in [1.54, 1.807) is 39.2 Å². The van der Waals surface area contributed by atoms with Crippen LogP contribution in [0.3, 0.4) is 0 Å². The maximum atomic E-state index is 13.4.